The van der Waals surface area contributed by atoms with Crippen LogP contribution in [-0.2, 0) is 0 Å². The second-order valence-electron chi connectivity index (χ2n) is 3.87. The number of aromatic hydroxyl groups is 1. The van der Waals surface area contributed by atoms with Gasteiger partial charge in [0, 0.05) is 10.6 Å². The highest BCUT2D eigenvalue weighted by Crippen LogP contribution is 2.22. The first-order valence-corrected chi connectivity index (χ1v) is 6.05. The number of rotatable bonds is 2. The lowest BCUT2D eigenvalue weighted by molar-refractivity contribution is 0.103. The second kappa shape index (κ2) is 4.59. The lowest BCUT2D eigenvalue weighted by Crippen LogP contribution is -2.09. The van der Waals surface area contributed by atoms with Crippen LogP contribution in [0.15, 0.2) is 30.3 Å². The summed E-state index contributed by atoms with van der Waals surface area (Å²) >= 11 is 1.46. The molecule has 0 aliphatic carbocycles. The molecule has 17 heavy (non-hydrogen) atoms. The highest BCUT2D eigenvalue weighted by molar-refractivity contribution is 7.14. The van der Waals surface area contributed by atoms with Crippen molar-refractivity contribution in [2.75, 3.05) is 5.32 Å². The molecule has 1 amide bonds. The molecule has 2 N–H and O–H groups in total. The Balaban J connectivity index is 2.15. The Morgan fingerprint density at radius 2 is 2.00 bits per heavy atom. The molecule has 1 aromatic heterocycles. The highest BCUT2D eigenvalue weighted by atomic mass is 32.1. The monoisotopic (exact) mass is 247 g/mol. The summed E-state index contributed by atoms with van der Waals surface area (Å²) in [6.07, 6.45) is 0. The third-order valence-electron chi connectivity index (χ3n) is 2.42. The van der Waals surface area contributed by atoms with Crippen molar-refractivity contribution >= 4 is 22.9 Å². The van der Waals surface area contributed by atoms with Gasteiger partial charge in [0.2, 0.25) is 0 Å². The van der Waals surface area contributed by atoms with Gasteiger partial charge in [0.1, 0.15) is 5.75 Å². The van der Waals surface area contributed by atoms with Crippen molar-refractivity contribution in [3.63, 3.8) is 0 Å². The number of hydrogen-bond donors (Lipinski definition) is 2. The van der Waals surface area contributed by atoms with E-state index in [0.717, 1.165) is 10.4 Å². The Morgan fingerprint density at radius 3 is 2.59 bits per heavy atom. The molecule has 0 saturated carbocycles. The van der Waals surface area contributed by atoms with Crippen molar-refractivity contribution in [1.82, 2.24) is 0 Å². The molecule has 0 fully saturated rings. The molecule has 0 unspecified atom stereocenters. The van der Waals surface area contributed by atoms with E-state index < -0.39 is 0 Å². The number of thiophene rings is 1. The van der Waals surface area contributed by atoms with Crippen molar-refractivity contribution in [3.8, 4) is 5.75 Å². The van der Waals surface area contributed by atoms with Crippen molar-refractivity contribution in [3.05, 3.63) is 45.6 Å². The van der Waals surface area contributed by atoms with Crippen LogP contribution in [0.4, 0.5) is 5.69 Å². The first-order valence-electron chi connectivity index (χ1n) is 5.23. The molecule has 2 rings (SSSR count). The molecule has 0 bridgehead atoms. The lowest BCUT2D eigenvalue weighted by atomic mass is 10.2. The van der Waals surface area contributed by atoms with Crippen LogP contribution >= 0.6 is 11.3 Å². The molecule has 0 atom stereocenters. The summed E-state index contributed by atoms with van der Waals surface area (Å²) in [5.74, 6) is 0.114. The Hall–Kier alpha value is -1.81. The summed E-state index contributed by atoms with van der Waals surface area (Å²) in [5.41, 5.74) is 1.43. The van der Waals surface area contributed by atoms with Gasteiger partial charge in [-0.3, -0.25) is 4.79 Å². The van der Waals surface area contributed by atoms with Crippen molar-refractivity contribution in [2.45, 2.75) is 13.8 Å². The molecule has 88 valence electrons. The number of carbonyl (C=O) groups is 1. The Kier molecular flexibility index (Phi) is 3.15. The van der Waals surface area contributed by atoms with Gasteiger partial charge in [-0.25, -0.2) is 0 Å². The second-order valence-corrected chi connectivity index (χ2v) is 5.15. The minimum atomic E-state index is -0.117. The average Bonchev–Trinajstić information content (AvgIpc) is 2.70. The number of nitrogens with one attached hydrogen (secondary N) is 1. The van der Waals surface area contributed by atoms with E-state index in [1.54, 1.807) is 25.1 Å². The first kappa shape index (κ1) is 11.7. The van der Waals surface area contributed by atoms with E-state index in [1.165, 1.54) is 11.3 Å². The third kappa shape index (κ3) is 2.65. The normalized spacial score (nSPS) is 10.2. The molecule has 2 aromatic rings. The zero-order valence-corrected chi connectivity index (χ0v) is 10.5. The van der Waals surface area contributed by atoms with Crippen molar-refractivity contribution in [1.29, 1.82) is 0 Å². The quantitative estimate of drug-likeness (QED) is 0.800. The summed E-state index contributed by atoms with van der Waals surface area (Å²) in [5, 5.41) is 12.2. The number of hydrogen-bond acceptors (Lipinski definition) is 3. The standard InChI is InChI=1S/C13H13NO2S/c1-8-7-10(4-5-11(8)15)14-13(16)12-6-3-9(2)17-12/h3-7,15H,1-2H3,(H,14,16). The molecular formula is C13H13NO2S. The minimum Gasteiger partial charge on any atom is -0.508 e. The highest BCUT2D eigenvalue weighted by Gasteiger charge is 2.08. The Morgan fingerprint density at radius 1 is 1.24 bits per heavy atom. The van der Waals surface area contributed by atoms with E-state index in [0.29, 0.717) is 10.6 Å². The zero-order valence-electron chi connectivity index (χ0n) is 9.65. The SMILES string of the molecule is Cc1ccc(C(=O)Nc2ccc(O)c(C)c2)s1. The maximum Gasteiger partial charge on any atom is 0.265 e. The number of benzene rings is 1. The van der Waals surface area contributed by atoms with Crippen LogP contribution in [-0.4, -0.2) is 11.0 Å². The van der Waals surface area contributed by atoms with Gasteiger partial charge >= 0.3 is 0 Å². The fourth-order valence-electron chi connectivity index (χ4n) is 1.48. The minimum absolute atomic E-state index is 0.117. The number of carbonyl (C=O) groups excluding carboxylic acids is 1. The van der Waals surface area contributed by atoms with Gasteiger partial charge < -0.3 is 10.4 Å². The summed E-state index contributed by atoms with van der Waals surface area (Å²) in [6, 6.07) is 8.73. The maximum absolute atomic E-state index is 11.9. The molecule has 3 nitrogen and oxygen atoms in total. The van der Waals surface area contributed by atoms with E-state index in [9.17, 15) is 9.90 Å². The smallest absolute Gasteiger partial charge is 0.265 e. The van der Waals surface area contributed by atoms with Crippen molar-refractivity contribution in [2.24, 2.45) is 0 Å². The number of phenolic OH excluding ortho intramolecular Hbond substituents is 1. The van der Waals surface area contributed by atoms with E-state index in [4.69, 9.17) is 0 Å². The summed E-state index contributed by atoms with van der Waals surface area (Å²) in [4.78, 5) is 13.7. The van der Waals surface area contributed by atoms with Crippen LogP contribution in [0.5, 0.6) is 5.75 Å². The van der Waals surface area contributed by atoms with Gasteiger partial charge in [0.25, 0.3) is 5.91 Å². The number of aryl methyl sites for hydroxylation is 2. The van der Waals surface area contributed by atoms with Crippen molar-refractivity contribution < 1.29 is 9.90 Å². The predicted molar refractivity (Wildman–Crippen MR) is 69.9 cm³/mol. The average molecular weight is 247 g/mol. The predicted octanol–water partition coefficient (Wildman–Crippen LogP) is 3.32. The van der Waals surface area contributed by atoms with E-state index in [2.05, 4.69) is 5.32 Å². The molecule has 1 heterocycles. The molecule has 0 saturated heterocycles. The summed E-state index contributed by atoms with van der Waals surface area (Å²) in [6.45, 7) is 3.76. The van der Waals surface area contributed by atoms with Gasteiger partial charge in [-0.2, -0.15) is 0 Å². The summed E-state index contributed by atoms with van der Waals surface area (Å²) < 4.78 is 0. The van der Waals surface area contributed by atoms with Gasteiger partial charge in [-0.15, -0.1) is 11.3 Å². The zero-order chi connectivity index (χ0) is 12.4. The van der Waals surface area contributed by atoms with E-state index >= 15 is 0 Å². The Labute approximate surface area is 104 Å². The van der Waals surface area contributed by atoms with Crippen LogP contribution < -0.4 is 5.32 Å². The van der Waals surface area contributed by atoms with Gasteiger partial charge in [0.05, 0.1) is 4.88 Å². The summed E-state index contributed by atoms with van der Waals surface area (Å²) in [7, 11) is 0. The van der Waals surface area contributed by atoms with Gasteiger partial charge in [0.15, 0.2) is 0 Å². The molecule has 4 heteroatoms. The Bertz CT molecular complexity index is 560. The molecule has 0 aliphatic rings. The van der Waals surface area contributed by atoms with Crippen LogP contribution in [0, 0.1) is 13.8 Å². The van der Waals surface area contributed by atoms with E-state index in [-0.39, 0.29) is 11.7 Å². The number of amides is 1. The fourth-order valence-corrected chi connectivity index (χ4v) is 2.25. The van der Waals surface area contributed by atoms with E-state index in [1.807, 2.05) is 19.1 Å². The van der Waals surface area contributed by atoms with Crippen LogP contribution in [0.25, 0.3) is 0 Å². The fraction of sp³-hybridized carbons (Fsp3) is 0.154. The largest absolute Gasteiger partial charge is 0.508 e. The number of anilines is 1. The molecule has 0 spiro atoms. The number of phenols is 1. The molecular weight excluding hydrogens is 234 g/mol. The third-order valence-corrected chi connectivity index (χ3v) is 3.42. The van der Waals surface area contributed by atoms with Crippen LogP contribution in [0.2, 0.25) is 0 Å². The molecule has 1 aromatic carbocycles. The first-order chi connectivity index (χ1) is 8.06. The van der Waals surface area contributed by atoms with Crippen LogP contribution in [0.3, 0.4) is 0 Å². The molecule has 0 aliphatic heterocycles. The lowest BCUT2D eigenvalue weighted by Gasteiger charge is -2.05. The van der Waals surface area contributed by atoms with Gasteiger partial charge in [-0.1, -0.05) is 0 Å². The maximum atomic E-state index is 11.9. The topological polar surface area (TPSA) is 49.3 Å². The molecule has 0 radical (unpaired) electrons. The van der Waals surface area contributed by atoms with Crippen LogP contribution in [0.1, 0.15) is 20.1 Å². The van der Waals surface area contributed by atoms with Gasteiger partial charge in [-0.05, 0) is 49.7 Å².